The van der Waals surface area contributed by atoms with E-state index in [0.29, 0.717) is 0 Å². The van der Waals surface area contributed by atoms with Crippen LogP contribution in [0.1, 0.15) is 19.3 Å². The molecule has 9 heteroatoms. The van der Waals surface area contributed by atoms with E-state index in [9.17, 15) is 19.2 Å². The summed E-state index contributed by atoms with van der Waals surface area (Å²) >= 11 is 0. The number of urea groups is 1. The largest absolute Gasteiger partial charge is 0.481 e. The lowest BCUT2D eigenvalue weighted by atomic mass is 10.1. The van der Waals surface area contributed by atoms with Crippen LogP contribution in [0.25, 0.3) is 0 Å². The first-order chi connectivity index (χ1) is 8.86. The van der Waals surface area contributed by atoms with Crippen LogP contribution in [0.3, 0.4) is 0 Å². The summed E-state index contributed by atoms with van der Waals surface area (Å²) in [6.45, 7) is 0.0524. The van der Waals surface area contributed by atoms with Gasteiger partial charge in [-0.25, -0.2) is 9.59 Å². The fraction of sp³-hybridized carbons (Fsp3) is 0.600. The minimum absolute atomic E-state index is 0.0524. The first-order valence-electron chi connectivity index (χ1n) is 5.56. The monoisotopic (exact) mass is 275 g/mol. The Bertz CT molecular complexity index is 357. The molecule has 1 atom stereocenters. The molecule has 0 unspecified atom stereocenters. The third kappa shape index (κ3) is 8.41. The molecule has 0 aliphatic heterocycles. The molecular formula is C10H17N3O6. The van der Waals surface area contributed by atoms with Crippen LogP contribution in [-0.2, 0) is 14.4 Å². The highest BCUT2D eigenvalue weighted by molar-refractivity contribution is 5.83. The van der Waals surface area contributed by atoms with Gasteiger partial charge in [0.2, 0.25) is 5.91 Å². The summed E-state index contributed by atoms with van der Waals surface area (Å²) in [7, 11) is 1.45. The molecule has 0 aromatic carbocycles. The Labute approximate surface area is 109 Å². The lowest BCUT2D eigenvalue weighted by Crippen LogP contribution is -2.46. The van der Waals surface area contributed by atoms with E-state index in [1.165, 1.54) is 7.05 Å². The predicted molar refractivity (Wildman–Crippen MR) is 63.5 cm³/mol. The highest BCUT2D eigenvalue weighted by atomic mass is 16.4. The van der Waals surface area contributed by atoms with Crippen molar-refractivity contribution in [2.75, 3.05) is 13.6 Å². The molecule has 0 spiro atoms. The summed E-state index contributed by atoms with van der Waals surface area (Å²) < 4.78 is 0. The van der Waals surface area contributed by atoms with Gasteiger partial charge in [-0.1, -0.05) is 0 Å². The van der Waals surface area contributed by atoms with Crippen LogP contribution >= 0.6 is 0 Å². The van der Waals surface area contributed by atoms with E-state index in [1.807, 2.05) is 0 Å². The Balaban J connectivity index is 4.06. The van der Waals surface area contributed by atoms with Crippen molar-refractivity contribution in [3.8, 4) is 0 Å². The van der Waals surface area contributed by atoms with Crippen molar-refractivity contribution >= 4 is 23.9 Å². The summed E-state index contributed by atoms with van der Waals surface area (Å²) in [5, 5.41) is 24.0. The Morgan fingerprint density at radius 2 is 1.74 bits per heavy atom. The molecule has 0 saturated carbocycles. The molecule has 9 nitrogen and oxygen atoms in total. The van der Waals surface area contributed by atoms with Crippen molar-refractivity contribution in [2.45, 2.75) is 25.3 Å². The number of aliphatic carboxylic acids is 2. The number of hydrogen-bond acceptors (Lipinski definition) is 4. The van der Waals surface area contributed by atoms with Crippen LogP contribution in [-0.4, -0.2) is 53.7 Å². The lowest BCUT2D eigenvalue weighted by Gasteiger charge is -2.14. The molecule has 0 radical (unpaired) electrons. The van der Waals surface area contributed by atoms with E-state index in [1.54, 1.807) is 0 Å². The molecule has 0 aliphatic carbocycles. The minimum Gasteiger partial charge on any atom is -0.481 e. The molecule has 108 valence electrons. The maximum Gasteiger partial charge on any atom is 0.326 e. The van der Waals surface area contributed by atoms with Gasteiger partial charge in [0.1, 0.15) is 6.04 Å². The molecule has 0 rings (SSSR count). The van der Waals surface area contributed by atoms with Gasteiger partial charge in [0, 0.05) is 26.4 Å². The first kappa shape index (κ1) is 16.7. The second-order valence-electron chi connectivity index (χ2n) is 3.65. The quantitative estimate of drug-likeness (QED) is 0.374. The molecule has 0 fully saturated rings. The van der Waals surface area contributed by atoms with Crippen LogP contribution in [0.5, 0.6) is 0 Å². The Morgan fingerprint density at radius 1 is 1.11 bits per heavy atom. The molecule has 0 heterocycles. The third-order valence-electron chi connectivity index (χ3n) is 2.17. The topological polar surface area (TPSA) is 145 Å². The Morgan fingerprint density at radius 3 is 2.21 bits per heavy atom. The van der Waals surface area contributed by atoms with Gasteiger partial charge in [0.15, 0.2) is 0 Å². The van der Waals surface area contributed by atoms with Crippen LogP contribution < -0.4 is 16.0 Å². The van der Waals surface area contributed by atoms with Gasteiger partial charge in [-0.05, 0) is 6.42 Å². The summed E-state index contributed by atoms with van der Waals surface area (Å²) in [6, 6.07) is -2.04. The summed E-state index contributed by atoms with van der Waals surface area (Å²) in [6.07, 6.45) is -0.514. The molecule has 0 aromatic heterocycles. The number of carboxylic acid groups (broad SMARTS) is 2. The number of rotatable bonds is 8. The van der Waals surface area contributed by atoms with Crippen molar-refractivity contribution in [3.63, 3.8) is 0 Å². The smallest absolute Gasteiger partial charge is 0.326 e. The van der Waals surface area contributed by atoms with E-state index in [0.717, 1.165) is 0 Å². The molecule has 0 aliphatic rings. The molecule has 19 heavy (non-hydrogen) atoms. The molecule has 3 amide bonds. The van der Waals surface area contributed by atoms with Gasteiger partial charge in [-0.15, -0.1) is 0 Å². The van der Waals surface area contributed by atoms with Crippen molar-refractivity contribution in [1.29, 1.82) is 0 Å². The van der Waals surface area contributed by atoms with Crippen LogP contribution in [0, 0.1) is 0 Å². The summed E-state index contributed by atoms with van der Waals surface area (Å²) in [5.41, 5.74) is 0. The zero-order valence-electron chi connectivity index (χ0n) is 10.4. The van der Waals surface area contributed by atoms with Crippen molar-refractivity contribution in [2.24, 2.45) is 0 Å². The second kappa shape index (κ2) is 8.72. The minimum atomic E-state index is -1.32. The lowest BCUT2D eigenvalue weighted by molar-refractivity contribution is -0.140. The number of amides is 3. The number of nitrogens with one attached hydrogen (secondary N) is 3. The zero-order valence-corrected chi connectivity index (χ0v) is 10.4. The van der Waals surface area contributed by atoms with Gasteiger partial charge < -0.3 is 26.2 Å². The van der Waals surface area contributed by atoms with E-state index in [4.69, 9.17) is 10.2 Å². The summed E-state index contributed by atoms with van der Waals surface area (Å²) in [4.78, 5) is 43.3. The first-order valence-corrected chi connectivity index (χ1v) is 5.56. The number of hydrogen-bond donors (Lipinski definition) is 5. The van der Waals surface area contributed by atoms with E-state index in [-0.39, 0.29) is 31.7 Å². The predicted octanol–water partition coefficient (Wildman–Crippen LogP) is -1.26. The highest BCUT2D eigenvalue weighted by Crippen LogP contribution is 1.97. The van der Waals surface area contributed by atoms with E-state index in [2.05, 4.69) is 16.0 Å². The molecule has 0 saturated heterocycles. The number of carbonyl (C=O) groups excluding carboxylic acids is 2. The normalized spacial score (nSPS) is 11.2. The standard InChI is InChI=1S/C10H17N3O6/c1-11-7(14)4-5-12-10(19)13-6(9(17)18)2-3-8(15)16/h6H,2-5H2,1H3,(H,11,14)(H,15,16)(H,17,18)(H2,12,13,19)/t6-/m0/s1. The maximum absolute atomic E-state index is 11.3. The SMILES string of the molecule is CNC(=O)CCNC(=O)N[C@@H](CCC(=O)O)C(=O)O. The molecule has 0 bridgehead atoms. The summed E-state index contributed by atoms with van der Waals surface area (Å²) in [5.74, 6) is -2.73. The van der Waals surface area contributed by atoms with Crippen LogP contribution in [0.4, 0.5) is 4.79 Å². The van der Waals surface area contributed by atoms with Crippen LogP contribution in [0.2, 0.25) is 0 Å². The van der Waals surface area contributed by atoms with Crippen molar-refractivity contribution in [3.05, 3.63) is 0 Å². The molecule has 5 N–H and O–H groups in total. The Kier molecular flexibility index (Phi) is 7.66. The van der Waals surface area contributed by atoms with E-state index >= 15 is 0 Å². The molecular weight excluding hydrogens is 258 g/mol. The van der Waals surface area contributed by atoms with Gasteiger partial charge in [-0.2, -0.15) is 0 Å². The number of carboxylic acids is 2. The van der Waals surface area contributed by atoms with Gasteiger partial charge in [-0.3, -0.25) is 9.59 Å². The van der Waals surface area contributed by atoms with Gasteiger partial charge in [0.05, 0.1) is 0 Å². The van der Waals surface area contributed by atoms with Gasteiger partial charge >= 0.3 is 18.0 Å². The zero-order chi connectivity index (χ0) is 14.8. The van der Waals surface area contributed by atoms with Crippen molar-refractivity contribution < 1.29 is 29.4 Å². The fourth-order valence-corrected chi connectivity index (χ4v) is 1.15. The van der Waals surface area contributed by atoms with Gasteiger partial charge in [0.25, 0.3) is 0 Å². The van der Waals surface area contributed by atoms with Crippen LogP contribution in [0.15, 0.2) is 0 Å². The highest BCUT2D eigenvalue weighted by Gasteiger charge is 2.20. The van der Waals surface area contributed by atoms with Crippen molar-refractivity contribution in [1.82, 2.24) is 16.0 Å². The average molecular weight is 275 g/mol. The van der Waals surface area contributed by atoms with E-state index < -0.39 is 24.0 Å². The molecule has 0 aromatic rings. The fourth-order valence-electron chi connectivity index (χ4n) is 1.15. The second-order valence-corrected chi connectivity index (χ2v) is 3.65. The third-order valence-corrected chi connectivity index (χ3v) is 2.17. The Hall–Kier alpha value is -2.32. The average Bonchev–Trinajstić information content (AvgIpc) is 2.33. The maximum atomic E-state index is 11.3. The number of carbonyl (C=O) groups is 4.